The first kappa shape index (κ1) is 25.5. The van der Waals surface area contributed by atoms with Gasteiger partial charge in [-0.3, -0.25) is 9.59 Å². The number of nitrogens with one attached hydrogen (secondary N) is 1. The number of hydrogen-bond donors (Lipinski definition) is 1. The largest absolute Gasteiger partial charge is 0.354 e. The van der Waals surface area contributed by atoms with E-state index in [9.17, 15) is 9.59 Å². The topological polar surface area (TPSA) is 49.4 Å². The maximum Gasteiger partial charge on any atom is 0.243 e. The lowest BCUT2D eigenvalue weighted by Gasteiger charge is -2.32. The number of hydrogen-bond acceptors (Lipinski definition) is 2. The summed E-state index contributed by atoms with van der Waals surface area (Å²) in [4.78, 5) is 28.9. The van der Waals surface area contributed by atoms with Crippen molar-refractivity contribution < 1.29 is 9.59 Å². The maximum absolute atomic E-state index is 13.7. The molecule has 0 aliphatic carbocycles. The van der Waals surface area contributed by atoms with E-state index >= 15 is 0 Å². The molecule has 3 aromatic rings. The highest BCUT2D eigenvalue weighted by Crippen LogP contribution is 2.20. The quantitative estimate of drug-likeness (QED) is 0.414. The van der Waals surface area contributed by atoms with Gasteiger partial charge >= 0.3 is 0 Å². The first-order valence-corrected chi connectivity index (χ1v) is 12.1. The second-order valence-corrected chi connectivity index (χ2v) is 9.53. The van der Waals surface area contributed by atoms with Crippen LogP contribution in [0, 0.1) is 12.8 Å². The molecule has 0 saturated carbocycles. The summed E-state index contributed by atoms with van der Waals surface area (Å²) in [6, 6.07) is 24.6. The van der Waals surface area contributed by atoms with Crippen molar-refractivity contribution in [2.75, 3.05) is 6.54 Å². The third-order valence-electron chi connectivity index (χ3n) is 5.69. The molecule has 0 spiro atoms. The van der Waals surface area contributed by atoms with Crippen molar-refractivity contribution in [3.63, 3.8) is 0 Å². The standard InChI is InChI=1S/C29H33ClN2O2/c1-21(2)19-31-29(34)27(17-23-11-5-4-6-12-23)32(20-24-13-9-10-22(3)16-24)28(33)18-25-14-7-8-15-26(25)30/h4-16,21,27H,17-20H2,1-3H3,(H,31,34)/t27-/m1/s1. The Morgan fingerprint density at radius 2 is 1.59 bits per heavy atom. The maximum atomic E-state index is 13.7. The van der Waals surface area contributed by atoms with Crippen LogP contribution in [-0.2, 0) is 29.0 Å². The van der Waals surface area contributed by atoms with Gasteiger partial charge in [-0.05, 0) is 35.6 Å². The van der Waals surface area contributed by atoms with E-state index in [2.05, 4.69) is 25.2 Å². The van der Waals surface area contributed by atoms with Crippen molar-refractivity contribution >= 4 is 23.4 Å². The summed E-state index contributed by atoms with van der Waals surface area (Å²) in [6.07, 6.45) is 0.569. The lowest BCUT2D eigenvalue weighted by molar-refractivity contribution is -0.140. The number of amides is 2. The molecule has 0 saturated heterocycles. The van der Waals surface area contributed by atoms with E-state index in [0.29, 0.717) is 30.5 Å². The minimum Gasteiger partial charge on any atom is -0.354 e. The fourth-order valence-corrected chi connectivity index (χ4v) is 4.09. The van der Waals surface area contributed by atoms with Crippen LogP contribution in [0.1, 0.15) is 36.1 Å². The lowest BCUT2D eigenvalue weighted by Crippen LogP contribution is -2.51. The zero-order valence-corrected chi connectivity index (χ0v) is 20.9. The molecule has 0 aromatic heterocycles. The summed E-state index contributed by atoms with van der Waals surface area (Å²) < 4.78 is 0. The Labute approximate surface area is 207 Å². The van der Waals surface area contributed by atoms with Gasteiger partial charge < -0.3 is 10.2 Å². The Kier molecular flexibility index (Phi) is 9.29. The number of benzene rings is 3. The fraction of sp³-hybridized carbons (Fsp3) is 0.310. The number of rotatable bonds is 10. The molecular weight excluding hydrogens is 444 g/mol. The Bertz CT molecular complexity index is 1100. The van der Waals surface area contributed by atoms with Crippen LogP contribution >= 0.6 is 11.6 Å². The van der Waals surface area contributed by atoms with Gasteiger partial charge in [0.15, 0.2) is 0 Å². The molecule has 0 fully saturated rings. The van der Waals surface area contributed by atoms with Crippen LogP contribution < -0.4 is 5.32 Å². The molecule has 3 rings (SSSR count). The van der Waals surface area contributed by atoms with Crippen molar-refractivity contribution in [1.29, 1.82) is 0 Å². The van der Waals surface area contributed by atoms with Gasteiger partial charge in [-0.25, -0.2) is 0 Å². The number of carbonyl (C=O) groups excluding carboxylic acids is 2. The van der Waals surface area contributed by atoms with Crippen molar-refractivity contribution in [2.24, 2.45) is 5.92 Å². The van der Waals surface area contributed by atoms with Crippen LogP contribution in [0.5, 0.6) is 0 Å². The highest BCUT2D eigenvalue weighted by molar-refractivity contribution is 6.31. The molecular formula is C29H33ClN2O2. The van der Waals surface area contributed by atoms with E-state index in [4.69, 9.17) is 11.6 Å². The van der Waals surface area contributed by atoms with E-state index < -0.39 is 6.04 Å². The molecule has 0 aliphatic heterocycles. The minimum absolute atomic E-state index is 0.129. The SMILES string of the molecule is Cc1cccc(CN(C(=O)Cc2ccccc2Cl)[C@H](Cc2ccccc2)C(=O)NCC(C)C)c1. The third kappa shape index (κ3) is 7.46. The normalized spacial score (nSPS) is 11.8. The van der Waals surface area contributed by atoms with Crippen molar-refractivity contribution in [2.45, 2.75) is 46.2 Å². The molecule has 2 amide bonds. The van der Waals surface area contributed by atoms with E-state index in [-0.39, 0.29) is 18.2 Å². The number of halogens is 1. The summed E-state index contributed by atoms with van der Waals surface area (Å²) >= 11 is 6.36. The summed E-state index contributed by atoms with van der Waals surface area (Å²) in [6.45, 7) is 7.04. The van der Waals surface area contributed by atoms with Crippen molar-refractivity contribution in [3.8, 4) is 0 Å². The molecule has 0 radical (unpaired) electrons. The predicted molar refractivity (Wildman–Crippen MR) is 139 cm³/mol. The highest BCUT2D eigenvalue weighted by atomic mass is 35.5. The summed E-state index contributed by atoms with van der Waals surface area (Å²) in [5.74, 6) is 0.0401. The van der Waals surface area contributed by atoms with Gasteiger partial charge in [0.05, 0.1) is 6.42 Å². The van der Waals surface area contributed by atoms with Crippen molar-refractivity contribution in [1.82, 2.24) is 10.2 Å². The van der Waals surface area contributed by atoms with E-state index in [1.54, 1.807) is 11.0 Å². The zero-order valence-electron chi connectivity index (χ0n) is 20.1. The summed E-state index contributed by atoms with van der Waals surface area (Å²) in [5, 5.41) is 3.60. The Hall–Kier alpha value is -3.11. The van der Waals surface area contributed by atoms with Gasteiger partial charge in [0.25, 0.3) is 0 Å². The first-order valence-electron chi connectivity index (χ1n) is 11.7. The number of nitrogens with zero attached hydrogens (tertiary/aromatic N) is 1. The molecule has 178 valence electrons. The van der Waals surface area contributed by atoms with Gasteiger partial charge in [-0.15, -0.1) is 0 Å². The first-order chi connectivity index (χ1) is 16.3. The number of carbonyl (C=O) groups is 2. The van der Waals surface area contributed by atoms with Crippen LogP contribution in [0.25, 0.3) is 0 Å². The third-order valence-corrected chi connectivity index (χ3v) is 6.06. The molecule has 1 atom stereocenters. The van der Waals surface area contributed by atoms with E-state index in [0.717, 1.165) is 22.3 Å². The summed E-state index contributed by atoms with van der Waals surface area (Å²) in [5.41, 5.74) is 3.86. The Morgan fingerprint density at radius 1 is 0.912 bits per heavy atom. The molecule has 5 heteroatoms. The van der Waals surface area contributed by atoms with Gasteiger partial charge in [-0.2, -0.15) is 0 Å². The predicted octanol–water partition coefficient (Wildman–Crippen LogP) is 5.60. The molecule has 3 aromatic carbocycles. The molecule has 34 heavy (non-hydrogen) atoms. The fourth-order valence-electron chi connectivity index (χ4n) is 3.89. The Morgan fingerprint density at radius 3 is 2.26 bits per heavy atom. The van der Waals surface area contributed by atoms with Crippen LogP contribution in [0.4, 0.5) is 0 Å². The zero-order chi connectivity index (χ0) is 24.5. The van der Waals surface area contributed by atoms with Gasteiger partial charge in [0, 0.05) is 24.5 Å². The smallest absolute Gasteiger partial charge is 0.243 e. The molecule has 0 bridgehead atoms. The van der Waals surface area contributed by atoms with Crippen LogP contribution in [0.15, 0.2) is 78.9 Å². The molecule has 1 N–H and O–H groups in total. The second kappa shape index (κ2) is 12.4. The molecule has 4 nitrogen and oxygen atoms in total. The van der Waals surface area contributed by atoms with E-state index in [1.807, 2.05) is 73.7 Å². The average molecular weight is 477 g/mol. The molecule has 0 unspecified atom stereocenters. The van der Waals surface area contributed by atoms with Crippen molar-refractivity contribution in [3.05, 3.63) is 106 Å². The van der Waals surface area contributed by atoms with Crippen LogP contribution in [0.3, 0.4) is 0 Å². The highest BCUT2D eigenvalue weighted by Gasteiger charge is 2.30. The second-order valence-electron chi connectivity index (χ2n) is 9.12. The Balaban J connectivity index is 1.97. The van der Waals surface area contributed by atoms with E-state index in [1.165, 1.54) is 0 Å². The van der Waals surface area contributed by atoms with Gasteiger partial charge in [0.1, 0.15) is 6.04 Å². The monoisotopic (exact) mass is 476 g/mol. The van der Waals surface area contributed by atoms with Gasteiger partial charge in [0.2, 0.25) is 11.8 Å². The van der Waals surface area contributed by atoms with Crippen LogP contribution in [-0.4, -0.2) is 29.3 Å². The molecule has 0 aliphatic rings. The molecule has 0 heterocycles. The van der Waals surface area contributed by atoms with Crippen LogP contribution in [0.2, 0.25) is 5.02 Å². The minimum atomic E-state index is -0.642. The lowest BCUT2D eigenvalue weighted by atomic mass is 10.0. The average Bonchev–Trinajstić information content (AvgIpc) is 2.82. The van der Waals surface area contributed by atoms with Gasteiger partial charge in [-0.1, -0.05) is 104 Å². The number of aryl methyl sites for hydroxylation is 1. The summed E-state index contributed by atoms with van der Waals surface area (Å²) in [7, 11) is 0.